The van der Waals surface area contributed by atoms with Crippen LogP contribution in [0, 0.1) is 32.3 Å². The maximum absolute atomic E-state index is 13.3. The van der Waals surface area contributed by atoms with Gasteiger partial charge in [0.2, 0.25) is 11.7 Å². The minimum atomic E-state index is -0.490. The fourth-order valence-electron chi connectivity index (χ4n) is 7.42. The van der Waals surface area contributed by atoms with E-state index in [1.165, 1.54) is 38.7 Å². The Hall–Kier alpha value is -2.64. The van der Waals surface area contributed by atoms with Crippen LogP contribution in [-0.2, 0) is 4.79 Å². The van der Waals surface area contributed by atoms with E-state index in [0.717, 1.165) is 32.1 Å². The summed E-state index contributed by atoms with van der Waals surface area (Å²) in [5.74, 6) is 0.974. The topological polar surface area (TPSA) is 103 Å². The lowest BCUT2D eigenvalue weighted by Crippen LogP contribution is -2.59. The van der Waals surface area contributed by atoms with Gasteiger partial charge >= 0.3 is 5.69 Å². The van der Waals surface area contributed by atoms with E-state index in [4.69, 9.17) is 9.47 Å². The van der Waals surface area contributed by atoms with Crippen LogP contribution in [0.25, 0.3) is 0 Å². The van der Waals surface area contributed by atoms with Gasteiger partial charge in [0, 0.05) is 11.6 Å². The van der Waals surface area contributed by atoms with Gasteiger partial charge in [-0.15, -0.1) is 0 Å². The van der Waals surface area contributed by atoms with E-state index in [0.29, 0.717) is 18.1 Å². The lowest BCUT2D eigenvalue weighted by atomic mass is 9.40. The van der Waals surface area contributed by atoms with Crippen molar-refractivity contribution in [1.82, 2.24) is 5.43 Å². The van der Waals surface area contributed by atoms with Gasteiger partial charge in [-0.25, -0.2) is 5.43 Å². The molecule has 4 aliphatic carbocycles. The Bertz CT molecular complexity index is 957. The Morgan fingerprint density at radius 2 is 1.94 bits per heavy atom. The standard InChI is InChI=1S/C25H35N3O5/c1-5-6-7-33-21-19(28(30)31)8-17(9-20(21)32-4)13-26-27-22(29)25-12-18-10-23(2,15-25)14-24(3,11-18)16-25/h8-9,13,18H,5-7,10-12,14-16H2,1-4H3,(H,27,29)/b26-13+. The van der Waals surface area contributed by atoms with Crippen LogP contribution in [0.4, 0.5) is 5.69 Å². The number of hydrogen-bond donors (Lipinski definition) is 1. The van der Waals surface area contributed by atoms with Crippen molar-refractivity contribution in [1.29, 1.82) is 0 Å². The van der Waals surface area contributed by atoms with Crippen LogP contribution in [0.15, 0.2) is 17.2 Å². The molecule has 8 nitrogen and oxygen atoms in total. The molecule has 0 aliphatic heterocycles. The van der Waals surface area contributed by atoms with Gasteiger partial charge in [-0.1, -0.05) is 27.2 Å². The molecule has 8 heteroatoms. The molecule has 4 fully saturated rings. The second-order valence-electron chi connectivity index (χ2n) is 11.1. The normalized spacial score (nSPS) is 32.2. The summed E-state index contributed by atoms with van der Waals surface area (Å²) in [5, 5.41) is 15.8. The van der Waals surface area contributed by atoms with Gasteiger partial charge in [0.15, 0.2) is 5.75 Å². The van der Waals surface area contributed by atoms with E-state index >= 15 is 0 Å². The average Bonchev–Trinajstić information content (AvgIpc) is 2.71. The van der Waals surface area contributed by atoms with Gasteiger partial charge in [0.25, 0.3) is 0 Å². The molecule has 4 bridgehead atoms. The van der Waals surface area contributed by atoms with Crippen molar-refractivity contribution in [3.05, 3.63) is 27.8 Å². The Labute approximate surface area is 195 Å². The molecule has 5 rings (SSSR count). The number of benzene rings is 1. The highest BCUT2D eigenvalue weighted by Gasteiger charge is 2.62. The molecule has 180 valence electrons. The van der Waals surface area contributed by atoms with Gasteiger partial charge in [-0.2, -0.15) is 5.10 Å². The number of hydrogen-bond acceptors (Lipinski definition) is 6. The number of nitro groups is 1. The fraction of sp³-hybridized carbons (Fsp3) is 0.680. The first-order valence-corrected chi connectivity index (χ1v) is 11.9. The van der Waals surface area contributed by atoms with Crippen molar-refractivity contribution in [3.8, 4) is 11.5 Å². The van der Waals surface area contributed by atoms with E-state index in [-0.39, 0.29) is 39.3 Å². The number of methoxy groups -OCH3 is 1. The van der Waals surface area contributed by atoms with Gasteiger partial charge in [-0.3, -0.25) is 14.9 Å². The number of nitrogens with zero attached hydrogens (tertiary/aromatic N) is 2. The molecular weight excluding hydrogens is 422 g/mol. The summed E-state index contributed by atoms with van der Waals surface area (Å²) in [6.07, 6.45) is 9.54. The summed E-state index contributed by atoms with van der Waals surface area (Å²) in [6, 6.07) is 3.03. The lowest BCUT2D eigenvalue weighted by molar-refractivity contribution is -0.386. The van der Waals surface area contributed by atoms with Crippen molar-refractivity contribution in [2.24, 2.45) is 27.3 Å². The highest BCUT2D eigenvalue weighted by atomic mass is 16.6. The number of nitrogens with one attached hydrogen (secondary N) is 1. The lowest BCUT2D eigenvalue weighted by Gasteiger charge is -2.64. The first-order valence-electron chi connectivity index (χ1n) is 11.9. The van der Waals surface area contributed by atoms with Crippen molar-refractivity contribution < 1.29 is 19.2 Å². The minimum absolute atomic E-state index is 0.0266. The van der Waals surface area contributed by atoms with E-state index in [9.17, 15) is 14.9 Å². The fourth-order valence-corrected chi connectivity index (χ4v) is 7.42. The van der Waals surface area contributed by atoms with Gasteiger partial charge in [0.05, 0.1) is 30.3 Å². The summed E-state index contributed by atoms with van der Waals surface area (Å²) < 4.78 is 11.0. The number of carbonyl (C=O) groups is 1. The molecule has 0 saturated heterocycles. The molecule has 1 aromatic rings. The number of carbonyl (C=O) groups excluding carboxylic acids is 1. The predicted octanol–water partition coefficient (Wildman–Crippen LogP) is 5.23. The zero-order valence-corrected chi connectivity index (χ0v) is 20.1. The Morgan fingerprint density at radius 1 is 1.24 bits per heavy atom. The highest BCUT2D eigenvalue weighted by molar-refractivity contribution is 5.87. The third kappa shape index (κ3) is 4.57. The summed E-state index contributed by atoms with van der Waals surface area (Å²) in [5.41, 5.74) is 3.14. The van der Waals surface area contributed by atoms with Gasteiger partial charge < -0.3 is 9.47 Å². The summed E-state index contributed by atoms with van der Waals surface area (Å²) in [6.45, 7) is 7.05. The molecule has 1 N–H and O–H groups in total. The van der Waals surface area contributed by atoms with Crippen LogP contribution in [0.1, 0.15) is 77.7 Å². The molecule has 0 aromatic heterocycles. The molecule has 4 aliphatic rings. The zero-order valence-electron chi connectivity index (χ0n) is 20.1. The van der Waals surface area contributed by atoms with Crippen LogP contribution in [0.2, 0.25) is 0 Å². The Balaban J connectivity index is 1.51. The third-order valence-corrected chi connectivity index (χ3v) is 7.71. The van der Waals surface area contributed by atoms with Crippen molar-refractivity contribution in [3.63, 3.8) is 0 Å². The van der Waals surface area contributed by atoms with Crippen LogP contribution in [0.3, 0.4) is 0 Å². The first-order chi connectivity index (χ1) is 15.6. The number of amides is 1. The van der Waals surface area contributed by atoms with Crippen molar-refractivity contribution >= 4 is 17.8 Å². The van der Waals surface area contributed by atoms with Crippen LogP contribution in [-0.4, -0.2) is 30.8 Å². The predicted molar refractivity (Wildman–Crippen MR) is 126 cm³/mol. The van der Waals surface area contributed by atoms with Crippen molar-refractivity contribution in [2.45, 2.75) is 72.1 Å². The molecule has 2 unspecified atom stereocenters. The second kappa shape index (κ2) is 8.61. The molecular formula is C25H35N3O5. The molecule has 0 heterocycles. The highest BCUT2D eigenvalue weighted by Crippen LogP contribution is 2.69. The molecule has 1 aromatic carbocycles. The number of unbranched alkanes of at least 4 members (excludes halogenated alkanes) is 1. The molecule has 0 spiro atoms. The van der Waals surface area contributed by atoms with Crippen LogP contribution >= 0.6 is 0 Å². The zero-order chi connectivity index (χ0) is 23.9. The first kappa shape index (κ1) is 23.5. The molecule has 0 radical (unpaired) electrons. The summed E-state index contributed by atoms with van der Waals surface area (Å²) >= 11 is 0. The van der Waals surface area contributed by atoms with Gasteiger partial charge in [-0.05, 0) is 67.8 Å². The number of ether oxygens (including phenoxy) is 2. The largest absolute Gasteiger partial charge is 0.493 e. The maximum atomic E-state index is 13.3. The third-order valence-electron chi connectivity index (χ3n) is 7.71. The number of nitro benzene ring substituents is 1. The van der Waals surface area contributed by atoms with Crippen LogP contribution < -0.4 is 14.9 Å². The monoisotopic (exact) mass is 457 g/mol. The van der Waals surface area contributed by atoms with E-state index in [1.54, 1.807) is 6.07 Å². The minimum Gasteiger partial charge on any atom is -0.493 e. The Kier molecular flexibility index (Phi) is 6.14. The smallest absolute Gasteiger partial charge is 0.315 e. The summed E-state index contributed by atoms with van der Waals surface area (Å²) in [4.78, 5) is 24.4. The quantitative estimate of drug-likeness (QED) is 0.237. The van der Waals surface area contributed by atoms with Gasteiger partial charge in [0.1, 0.15) is 0 Å². The molecule has 33 heavy (non-hydrogen) atoms. The van der Waals surface area contributed by atoms with E-state index in [2.05, 4.69) is 24.4 Å². The molecule has 2 atom stereocenters. The second-order valence-corrected chi connectivity index (χ2v) is 11.1. The number of rotatable bonds is 9. The van der Waals surface area contributed by atoms with Crippen molar-refractivity contribution in [2.75, 3.05) is 13.7 Å². The van der Waals surface area contributed by atoms with E-state index in [1.807, 2.05) is 6.92 Å². The Morgan fingerprint density at radius 3 is 2.52 bits per heavy atom. The van der Waals surface area contributed by atoms with Crippen LogP contribution in [0.5, 0.6) is 11.5 Å². The SMILES string of the molecule is CCCCOc1c(OC)cc(/C=N/NC(=O)C23CC4CC(C)(CC(C)(C4)C2)C3)cc1[N+](=O)[O-]. The molecule has 1 amide bonds. The molecule has 4 saturated carbocycles. The summed E-state index contributed by atoms with van der Waals surface area (Å²) in [7, 11) is 1.45. The van der Waals surface area contributed by atoms with E-state index < -0.39 is 4.92 Å². The number of hydrazone groups is 1. The maximum Gasteiger partial charge on any atom is 0.315 e. The average molecular weight is 458 g/mol.